The molecule has 7 heteroatoms. The maximum atomic E-state index is 15.4. The Bertz CT molecular complexity index is 1250. The molecule has 186 valence electrons. The van der Waals surface area contributed by atoms with E-state index < -0.39 is 12.9 Å². The normalized spacial score (nSPS) is 14.1. The maximum Gasteiger partial charge on any atom is 0.246 e. The summed E-state index contributed by atoms with van der Waals surface area (Å²) in [5, 5.41) is 2.01. The van der Waals surface area contributed by atoms with Crippen LogP contribution in [0.15, 0.2) is 36.4 Å². The van der Waals surface area contributed by atoms with Crippen molar-refractivity contribution in [3.63, 3.8) is 0 Å². The van der Waals surface area contributed by atoms with E-state index >= 15 is 4.57 Å². The first kappa shape index (κ1) is 25.0. The highest BCUT2D eigenvalue weighted by molar-refractivity contribution is 7.85. The Hall–Kier alpha value is -3.11. The summed E-state index contributed by atoms with van der Waals surface area (Å²) in [7, 11) is 1.48. The lowest BCUT2D eigenvalue weighted by molar-refractivity contribution is -0.0439. The zero-order chi connectivity index (χ0) is 25.7. The monoisotopic (exact) mass is 496 g/mol. The number of aryl methyl sites for hydroxylation is 4. The molecule has 3 aromatic rings. The van der Waals surface area contributed by atoms with Gasteiger partial charge in [-0.3, -0.25) is 0 Å². The highest BCUT2D eigenvalue weighted by Gasteiger charge is 2.39. The van der Waals surface area contributed by atoms with Crippen LogP contribution in [-0.4, -0.2) is 27.1 Å². The lowest BCUT2D eigenvalue weighted by Gasteiger charge is -2.24. The molecule has 0 N–H and O–H groups in total. The van der Waals surface area contributed by atoms with Gasteiger partial charge in [-0.25, -0.2) is 0 Å². The minimum atomic E-state index is -3.39. The molecule has 35 heavy (non-hydrogen) atoms. The average Bonchev–Trinajstić information content (AvgIpc) is 3.11. The molecule has 0 atom stereocenters. The predicted molar refractivity (Wildman–Crippen MR) is 140 cm³/mol. The zero-order valence-corrected chi connectivity index (χ0v) is 22.8. The van der Waals surface area contributed by atoms with Gasteiger partial charge in [0.05, 0.1) is 21.3 Å². The van der Waals surface area contributed by atoms with Crippen molar-refractivity contribution in [2.24, 2.45) is 0 Å². The number of rotatable bonds is 6. The highest BCUT2D eigenvalue weighted by atomic mass is 31.2. The third-order valence-corrected chi connectivity index (χ3v) is 9.27. The van der Waals surface area contributed by atoms with E-state index in [1.165, 1.54) is 0 Å². The Kier molecular flexibility index (Phi) is 6.31. The molecule has 0 saturated carbocycles. The van der Waals surface area contributed by atoms with Gasteiger partial charge in [-0.2, -0.15) is 0 Å². The van der Waals surface area contributed by atoms with Crippen LogP contribution in [0.3, 0.4) is 0 Å². The molecule has 3 aromatic carbocycles. The van der Waals surface area contributed by atoms with Crippen LogP contribution < -0.4 is 39.6 Å². The van der Waals surface area contributed by atoms with Crippen molar-refractivity contribution in [1.29, 1.82) is 0 Å². The molecule has 0 aromatic heterocycles. The van der Waals surface area contributed by atoms with Crippen molar-refractivity contribution in [1.82, 2.24) is 0 Å². The third kappa shape index (κ3) is 4.14. The molecule has 0 radical (unpaired) electrons. The van der Waals surface area contributed by atoms with E-state index in [1.807, 2.05) is 71.9 Å². The van der Waals surface area contributed by atoms with Gasteiger partial charge in [0.1, 0.15) is 11.5 Å². The fourth-order valence-electron chi connectivity index (χ4n) is 4.91. The van der Waals surface area contributed by atoms with Crippen molar-refractivity contribution in [2.75, 3.05) is 21.3 Å². The van der Waals surface area contributed by atoms with Gasteiger partial charge in [-0.05, 0) is 86.3 Å². The molecule has 1 aliphatic heterocycles. The Morgan fingerprint density at radius 1 is 0.657 bits per heavy atom. The van der Waals surface area contributed by atoms with E-state index in [0.717, 1.165) is 33.8 Å². The Morgan fingerprint density at radius 3 is 1.49 bits per heavy atom. The van der Waals surface area contributed by atoms with Gasteiger partial charge in [-0.1, -0.05) is 0 Å². The molecule has 1 heterocycles. The number of methoxy groups -OCH3 is 3. The van der Waals surface area contributed by atoms with E-state index in [0.29, 0.717) is 33.2 Å². The van der Waals surface area contributed by atoms with E-state index in [2.05, 4.69) is 0 Å². The summed E-state index contributed by atoms with van der Waals surface area (Å²) >= 11 is 0. The van der Waals surface area contributed by atoms with Crippen LogP contribution >= 0.6 is 7.14 Å². The van der Waals surface area contributed by atoms with Crippen molar-refractivity contribution in [3.8, 4) is 28.7 Å². The molecule has 4 rings (SSSR count). The number of hydrogen-bond acceptors (Lipinski definition) is 6. The molecular weight excluding hydrogens is 463 g/mol. The minimum absolute atomic E-state index is 0.479. The fraction of sp³-hybridized carbons (Fsp3) is 0.357. The van der Waals surface area contributed by atoms with Crippen LogP contribution in [0.5, 0.6) is 28.7 Å². The summed E-state index contributed by atoms with van der Waals surface area (Å²) in [6.45, 7) is 11.5. The predicted octanol–water partition coefficient (Wildman–Crippen LogP) is 5.09. The van der Waals surface area contributed by atoms with E-state index in [1.54, 1.807) is 27.4 Å². The smallest absolute Gasteiger partial charge is 0.246 e. The molecule has 0 amide bonds. The summed E-state index contributed by atoms with van der Waals surface area (Å²) in [5.74, 6) is 2.22. The second-order valence-electron chi connectivity index (χ2n) is 9.41. The summed E-state index contributed by atoms with van der Waals surface area (Å²) < 4.78 is 44.3. The van der Waals surface area contributed by atoms with Crippen LogP contribution in [0.2, 0.25) is 0 Å². The standard InChI is InChI=1S/C28H33O6P/c1-16-10-20(11-17(2)25(16)31-8)35(29,21-12-18(3)26(32-9)19(4)13-21)22-14-23(30-7)27-24(15-22)33-28(5,6)34-27/h10-15H,1-9H3. The van der Waals surface area contributed by atoms with Crippen LogP contribution in [0, 0.1) is 27.7 Å². The summed E-state index contributed by atoms with van der Waals surface area (Å²) in [6, 6.07) is 11.4. The number of fused-ring (bicyclic) bond motifs is 1. The van der Waals surface area contributed by atoms with Gasteiger partial charge in [0.2, 0.25) is 11.5 Å². The van der Waals surface area contributed by atoms with Gasteiger partial charge in [0, 0.05) is 29.8 Å². The van der Waals surface area contributed by atoms with E-state index in [9.17, 15) is 0 Å². The molecule has 0 unspecified atom stereocenters. The SMILES string of the molecule is COc1cc(P(=O)(c2cc(C)c(OC)c(C)c2)c2cc(C)c(OC)c(C)c2)cc2c1OC(C)(C)O2. The Balaban J connectivity index is 2.06. The fourth-order valence-corrected chi connectivity index (χ4v) is 7.91. The highest BCUT2D eigenvalue weighted by Crippen LogP contribution is 2.51. The molecule has 0 spiro atoms. The van der Waals surface area contributed by atoms with Gasteiger partial charge < -0.3 is 28.2 Å². The van der Waals surface area contributed by atoms with Crippen LogP contribution in [0.1, 0.15) is 36.1 Å². The van der Waals surface area contributed by atoms with E-state index in [4.69, 9.17) is 23.7 Å². The van der Waals surface area contributed by atoms with Crippen molar-refractivity contribution in [2.45, 2.75) is 47.3 Å². The van der Waals surface area contributed by atoms with Gasteiger partial charge in [0.15, 0.2) is 18.6 Å². The lowest BCUT2D eigenvalue weighted by atomic mass is 10.1. The van der Waals surface area contributed by atoms with Crippen LogP contribution in [-0.2, 0) is 4.57 Å². The number of ether oxygens (including phenoxy) is 5. The minimum Gasteiger partial charge on any atom is -0.496 e. The maximum absolute atomic E-state index is 15.4. The first-order valence-electron chi connectivity index (χ1n) is 11.5. The number of hydrogen-bond donors (Lipinski definition) is 0. The first-order valence-corrected chi connectivity index (χ1v) is 13.2. The van der Waals surface area contributed by atoms with Crippen molar-refractivity contribution >= 4 is 23.1 Å². The quantitative estimate of drug-likeness (QED) is 0.443. The third-order valence-electron chi connectivity index (χ3n) is 6.32. The molecule has 0 fully saturated rings. The van der Waals surface area contributed by atoms with Crippen molar-refractivity contribution < 1.29 is 28.2 Å². The van der Waals surface area contributed by atoms with Crippen LogP contribution in [0.25, 0.3) is 0 Å². The molecule has 6 nitrogen and oxygen atoms in total. The molecule has 0 aliphatic carbocycles. The molecule has 0 bridgehead atoms. The first-order chi connectivity index (χ1) is 16.4. The topological polar surface area (TPSA) is 63.2 Å². The lowest BCUT2D eigenvalue weighted by Crippen LogP contribution is -2.30. The Morgan fingerprint density at radius 2 is 1.09 bits per heavy atom. The Labute approximate surface area is 207 Å². The average molecular weight is 497 g/mol. The molecule has 0 saturated heterocycles. The molecule has 1 aliphatic rings. The van der Waals surface area contributed by atoms with Gasteiger partial charge in [0.25, 0.3) is 0 Å². The second-order valence-corrected chi connectivity index (χ2v) is 12.2. The largest absolute Gasteiger partial charge is 0.496 e. The van der Waals surface area contributed by atoms with Crippen molar-refractivity contribution in [3.05, 3.63) is 58.7 Å². The second kappa shape index (κ2) is 8.83. The van der Waals surface area contributed by atoms with E-state index in [-0.39, 0.29) is 0 Å². The summed E-state index contributed by atoms with van der Waals surface area (Å²) in [6.07, 6.45) is 0. The zero-order valence-electron chi connectivity index (χ0n) is 21.9. The van der Waals surface area contributed by atoms with Gasteiger partial charge in [-0.15, -0.1) is 0 Å². The summed E-state index contributed by atoms with van der Waals surface area (Å²) in [5.41, 5.74) is 3.66. The summed E-state index contributed by atoms with van der Waals surface area (Å²) in [4.78, 5) is 0. The molecular formula is C28H33O6P. The van der Waals surface area contributed by atoms with Crippen LogP contribution in [0.4, 0.5) is 0 Å². The number of benzene rings is 3. The van der Waals surface area contributed by atoms with Gasteiger partial charge >= 0.3 is 0 Å².